The summed E-state index contributed by atoms with van der Waals surface area (Å²) in [6, 6.07) is 20.0. The van der Waals surface area contributed by atoms with Crippen molar-refractivity contribution in [2.45, 2.75) is 0 Å². The van der Waals surface area contributed by atoms with E-state index in [0.717, 1.165) is 17.1 Å². The summed E-state index contributed by atoms with van der Waals surface area (Å²) in [5, 5.41) is 8.09. The molecule has 0 aliphatic carbocycles. The second-order valence-corrected chi connectivity index (χ2v) is 4.08. The molecule has 1 N–H and O–H groups in total. The predicted octanol–water partition coefficient (Wildman–Crippen LogP) is 2.73. The molecule has 2 aromatic rings. The molecule has 0 aromatic heterocycles. The molecule has 3 rings (SSSR count). The minimum atomic E-state index is 0.819. The lowest BCUT2D eigenvalue weighted by atomic mass is 10.2. The average Bonchev–Trinajstić information content (AvgIpc) is 2.93. The fraction of sp³-hybridized carbons (Fsp3) is 0. The summed E-state index contributed by atoms with van der Waals surface area (Å²) >= 11 is 0. The van der Waals surface area contributed by atoms with Gasteiger partial charge in [-0.1, -0.05) is 55.1 Å². The van der Waals surface area contributed by atoms with Gasteiger partial charge < -0.3 is 0 Å². The number of nitrogens with zero attached hydrogens (tertiary/aromatic N) is 3. The van der Waals surface area contributed by atoms with Crippen LogP contribution in [-0.2, 0) is 0 Å². The van der Waals surface area contributed by atoms with E-state index in [1.807, 2.05) is 70.8 Å². The zero-order valence-electron chi connectivity index (χ0n) is 10.4. The molecule has 0 spiro atoms. The van der Waals surface area contributed by atoms with Gasteiger partial charge >= 0.3 is 0 Å². The van der Waals surface area contributed by atoms with Gasteiger partial charge in [0.05, 0.1) is 5.69 Å². The lowest BCUT2D eigenvalue weighted by Crippen LogP contribution is -2.42. The lowest BCUT2D eigenvalue weighted by Gasteiger charge is -2.27. The minimum Gasteiger partial charge on any atom is -0.221 e. The molecule has 1 aliphatic heterocycles. The summed E-state index contributed by atoms with van der Waals surface area (Å²) in [5.41, 5.74) is 5.03. The number of amidine groups is 1. The van der Waals surface area contributed by atoms with Crippen molar-refractivity contribution in [3.8, 4) is 0 Å². The van der Waals surface area contributed by atoms with E-state index in [0.29, 0.717) is 0 Å². The highest BCUT2D eigenvalue weighted by molar-refractivity contribution is 6.01. The summed E-state index contributed by atoms with van der Waals surface area (Å²) < 4.78 is 0. The third-order valence-corrected chi connectivity index (χ3v) is 2.89. The highest BCUT2D eigenvalue weighted by Crippen LogP contribution is 2.20. The van der Waals surface area contributed by atoms with Crippen LogP contribution in [0.4, 0.5) is 5.69 Å². The first-order chi connectivity index (χ1) is 9.40. The number of hydrogen-bond acceptors (Lipinski definition) is 4. The van der Waals surface area contributed by atoms with Crippen LogP contribution in [0.15, 0.2) is 78.5 Å². The van der Waals surface area contributed by atoms with E-state index in [-0.39, 0.29) is 0 Å². The van der Waals surface area contributed by atoms with Crippen LogP contribution in [0.3, 0.4) is 0 Å². The molecule has 1 aliphatic rings. The zero-order chi connectivity index (χ0) is 13.1. The standard InChI is InChI=1S/C15H14N4/c1-2-18-15(13-9-5-3-6-10-13)16-17-19(18)14-11-7-4-8-12-14/h2-12,17H,1H2. The molecule has 0 fully saturated rings. The maximum absolute atomic E-state index is 4.36. The average molecular weight is 250 g/mol. The summed E-state index contributed by atoms with van der Waals surface area (Å²) in [6.45, 7) is 3.86. The smallest absolute Gasteiger partial charge is 0.182 e. The number of hydrazine groups is 2. The topological polar surface area (TPSA) is 30.9 Å². The van der Waals surface area contributed by atoms with Gasteiger partial charge in [-0.15, -0.1) is 5.10 Å². The number of hydrogen-bond donors (Lipinski definition) is 1. The Hall–Kier alpha value is -2.75. The number of benzene rings is 2. The molecule has 0 amide bonds. The van der Waals surface area contributed by atoms with Crippen LogP contribution in [0.2, 0.25) is 0 Å². The van der Waals surface area contributed by atoms with Gasteiger partial charge in [-0.05, 0) is 12.1 Å². The molecule has 94 valence electrons. The Balaban J connectivity index is 1.92. The van der Waals surface area contributed by atoms with Crippen LogP contribution in [0.5, 0.6) is 0 Å². The van der Waals surface area contributed by atoms with Gasteiger partial charge in [0, 0.05) is 11.8 Å². The molecule has 4 nitrogen and oxygen atoms in total. The quantitative estimate of drug-likeness (QED) is 0.908. The molecule has 0 bridgehead atoms. The molecular weight excluding hydrogens is 236 g/mol. The van der Waals surface area contributed by atoms with E-state index in [1.165, 1.54) is 0 Å². The molecule has 0 saturated carbocycles. The highest BCUT2D eigenvalue weighted by atomic mass is 15.9. The van der Waals surface area contributed by atoms with Crippen LogP contribution in [0.1, 0.15) is 5.56 Å². The van der Waals surface area contributed by atoms with E-state index < -0.39 is 0 Å². The van der Waals surface area contributed by atoms with Gasteiger partial charge in [-0.3, -0.25) is 0 Å². The molecule has 0 saturated heterocycles. The van der Waals surface area contributed by atoms with Crippen molar-refractivity contribution in [1.29, 1.82) is 0 Å². The van der Waals surface area contributed by atoms with E-state index in [9.17, 15) is 0 Å². The molecule has 19 heavy (non-hydrogen) atoms. The lowest BCUT2D eigenvalue weighted by molar-refractivity contribution is 0.483. The van der Waals surface area contributed by atoms with Crippen molar-refractivity contribution < 1.29 is 0 Å². The Morgan fingerprint density at radius 1 is 0.947 bits per heavy atom. The largest absolute Gasteiger partial charge is 0.221 e. The van der Waals surface area contributed by atoms with Crippen molar-refractivity contribution in [2.24, 2.45) is 5.10 Å². The molecule has 2 aromatic carbocycles. The predicted molar refractivity (Wildman–Crippen MR) is 77.1 cm³/mol. The van der Waals surface area contributed by atoms with Crippen molar-refractivity contribution in [3.05, 3.63) is 79.0 Å². The van der Waals surface area contributed by atoms with E-state index in [1.54, 1.807) is 6.20 Å². The van der Waals surface area contributed by atoms with E-state index in [4.69, 9.17) is 0 Å². The van der Waals surface area contributed by atoms with Gasteiger partial charge in [0.25, 0.3) is 0 Å². The molecule has 0 atom stereocenters. The molecule has 0 radical (unpaired) electrons. The van der Waals surface area contributed by atoms with Crippen LogP contribution >= 0.6 is 0 Å². The number of rotatable bonds is 3. The van der Waals surface area contributed by atoms with Gasteiger partial charge in [0.15, 0.2) is 5.84 Å². The summed E-state index contributed by atoms with van der Waals surface area (Å²) in [7, 11) is 0. The van der Waals surface area contributed by atoms with Crippen LogP contribution in [0, 0.1) is 0 Å². The Morgan fingerprint density at radius 3 is 2.21 bits per heavy atom. The number of nitrogens with one attached hydrogen (secondary N) is 1. The van der Waals surface area contributed by atoms with Gasteiger partial charge in [-0.2, -0.15) is 10.7 Å². The van der Waals surface area contributed by atoms with Crippen molar-refractivity contribution in [2.75, 3.05) is 5.12 Å². The third kappa shape index (κ3) is 2.04. The SMILES string of the molecule is C=CN1C(c2ccccc2)=NNN1c1ccccc1. The third-order valence-electron chi connectivity index (χ3n) is 2.89. The van der Waals surface area contributed by atoms with E-state index >= 15 is 0 Å². The molecule has 1 heterocycles. The highest BCUT2D eigenvalue weighted by Gasteiger charge is 2.24. The van der Waals surface area contributed by atoms with Gasteiger partial charge in [-0.25, -0.2) is 5.01 Å². The fourth-order valence-electron chi connectivity index (χ4n) is 1.99. The van der Waals surface area contributed by atoms with E-state index in [2.05, 4.69) is 17.2 Å². The second-order valence-electron chi connectivity index (χ2n) is 4.08. The van der Waals surface area contributed by atoms with Crippen molar-refractivity contribution in [3.63, 3.8) is 0 Å². The van der Waals surface area contributed by atoms with Gasteiger partial charge in [0.1, 0.15) is 0 Å². The Morgan fingerprint density at radius 2 is 1.58 bits per heavy atom. The Bertz CT molecular complexity index is 592. The monoisotopic (exact) mass is 250 g/mol. The zero-order valence-corrected chi connectivity index (χ0v) is 10.4. The number of para-hydroxylation sites is 1. The van der Waals surface area contributed by atoms with Crippen LogP contribution in [-0.4, -0.2) is 10.8 Å². The second kappa shape index (κ2) is 4.86. The Kier molecular flexibility index (Phi) is 2.90. The van der Waals surface area contributed by atoms with Crippen LogP contribution in [0.25, 0.3) is 0 Å². The molecular formula is C15H14N4. The summed E-state index contributed by atoms with van der Waals surface area (Å²) in [5.74, 6) is 0.819. The number of anilines is 1. The van der Waals surface area contributed by atoms with Crippen LogP contribution < -0.4 is 10.7 Å². The van der Waals surface area contributed by atoms with Crippen molar-refractivity contribution in [1.82, 2.24) is 10.5 Å². The fourth-order valence-corrected chi connectivity index (χ4v) is 1.99. The first kappa shape index (κ1) is 11.3. The maximum atomic E-state index is 4.36. The van der Waals surface area contributed by atoms with Gasteiger partial charge in [0.2, 0.25) is 0 Å². The molecule has 4 heteroatoms. The first-order valence-corrected chi connectivity index (χ1v) is 6.06. The minimum absolute atomic E-state index is 0.819. The maximum Gasteiger partial charge on any atom is 0.182 e. The number of hydrazone groups is 1. The summed E-state index contributed by atoms with van der Waals surface area (Å²) in [6.07, 6.45) is 1.73. The Labute approximate surface area is 112 Å². The molecule has 0 unspecified atom stereocenters. The summed E-state index contributed by atoms with van der Waals surface area (Å²) in [4.78, 5) is 0. The first-order valence-electron chi connectivity index (χ1n) is 6.06. The van der Waals surface area contributed by atoms with Crippen molar-refractivity contribution >= 4 is 11.5 Å². The normalized spacial score (nSPS) is 14.0.